The first-order chi connectivity index (χ1) is 14.5. The number of pyridine rings is 1. The topological polar surface area (TPSA) is 87.2 Å². The zero-order valence-corrected chi connectivity index (χ0v) is 18.3. The molecule has 158 valence electrons. The van der Waals surface area contributed by atoms with E-state index in [0.717, 1.165) is 29.7 Å². The molecule has 2 aromatic heterocycles. The number of piperidine rings is 1. The maximum atomic E-state index is 12.1. The number of thiazole rings is 1. The minimum absolute atomic E-state index is 0.453. The number of para-hydroxylation sites is 1. The minimum Gasteiger partial charge on any atom is -0.373 e. The quantitative estimate of drug-likeness (QED) is 0.608. The van der Waals surface area contributed by atoms with Crippen molar-refractivity contribution >= 4 is 44.9 Å². The van der Waals surface area contributed by atoms with Crippen molar-refractivity contribution in [1.82, 2.24) is 14.9 Å². The first-order valence-corrected chi connectivity index (χ1v) is 10.9. The molecule has 1 fully saturated rings. The molecule has 0 bridgehead atoms. The Morgan fingerprint density at radius 1 is 1.23 bits per heavy atom. The van der Waals surface area contributed by atoms with E-state index in [-0.39, 0.29) is 0 Å². The van der Waals surface area contributed by atoms with Gasteiger partial charge in [-0.3, -0.25) is 9.59 Å². The number of amides is 2. The molecule has 8 heteroatoms. The summed E-state index contributed by atoms with van der Waals surface area (Å²) in [4.78, 5) is 34.1. The highest BCUT2D eigenvalue weighted by Crippen LogP contribution is 2.18. The van der Waals surface area contributed by atoms with Gasteiger partial charge >= 0.3 is 11.8 Å². The molecular weight excluding hydrogens is 398 g/mol. The molecule has 3 heterocycles. The van der Waals surface area contributed by atoms with Crippen LogP contribution in [0.15, 0.2) is 42.0 Å². The number of carbonyl (C=O) groups excluding carboxylic acids is 2. The molecule has 0 aliphatic carbocycles. The Morgan fingerprint density at radius 3 is 2.73 bits per heavy atom. The molecule has 1 aromatic carbocycles. The maximum absolute atomic E-state index is 12.1. The molecule has 2 amide bonds. The lowest BCUT2D eigenvalue weighted by molar-refractivity contribution is -0.144. The van der Waals surface area contributed by atoms with Crippen molar-refractivity contribution in [3.05, 3.63) is 47.6 Å². The third-order valence-electron chi connectivity index (χ3n) is 4.95. The van der Waals surface area contributed by atoms with E-state index in [1.807, 2.05) is 30.6 Å². The molecule has 0 radical (unpaired) electrons. The van der Waals surface area contributed by atoms with Gasteiger partial charge in [-0.25, -0.2) is 9.97 Å². The maximum Gasteiger partial charge on any atom is 0.313 e. The first-order valence-electron chi connectivity index (χ1n) is 10.0. The number of benzene rings is 1. The van der Waals surface area contributed by atoms with Crippen molar-refractivity contribution in [1.29, 1.82) is 0 Å². The summed E-state index contributed by atoms with van der Waals surface area (Å²) in [6, 6.07) is 9.92. The van der Waals surface area contributed by atoms with Crippen LogP contribution < -0.4 is 10.6 Å². The van der Waals surface area contributed by atoms with Gasteiger partial charge < -0.3 is 15.5 Å². The smallest absolute Gasteiger partial charge is 0.313 e. The molecule has 1 aliphatic rings. The zero-order chi connectivity index (χ0) is 21.5. The van der Waals surface area contributed by atoms with Gasteiger partial charge in [-0.15, -0.1) is 11.3 Å². The van der Waals surface area contributed by atoms with Crippen LogP contribution in [0.25, 0.3) is 10.2 Å². The van der Waals surface area contributed by atoms with Gasteiger partial charge in [-0.1, -0.05) is 19.1 Å². The average Bonchev–Trinajstić information content (AvgIpc) is 3.23. The molecule has 1 saturated heterocycles. The molecule has 30 heavy (non-hydrogen) atoms. The number of anilines is 2. The fraction of sp³-hybridized carbons (Fsp3) is 0.364. The number of aromatic nitrogens is 2. The van der Waals surface area contributed by atoms with Crippen molar-refractivity contribution in [2.75, 3.05) is 30.8 Å². The summed E-state index contributed by atoms with van der Waals surface area (Å²) in [7, 11) is 1.79. The van der Waals surface area contributed by atoms with Gasteiger partial charge in [0.05, 0.1) is 27.6 Å². The second-order valence-corrected chi connectivity index (χ2v) is 8.30. The predicted octanol–water partition coefficient (Wildman–Crippen LogP) is 3.93. The van der Waals surface area contributed by atoms with E-state index in [4.69, 9.17) is 0 Å². The lowest BCUT2D eigenvalue weighted by Crippen LogP contribution is -2.44. The van der Waals surface area contributed by atoms with Crippen LogP contribution >= 0.6 is 11.3 Å². The number of likely N-dealkylation sites (tertiary alicyclic amines) is 1. The Morgan fingerprint density at radius 2 is 2.03 bits per heavy atom. The van der Waals surface area contributed by atoms with Gasteiger partial charge in [0.15, 0.2) is 0 Å². The van der Waals surface area contributed by atoms with Gasteiger partial charge in [0.1, 0.15) is 5.82 Å². The summed E-state index contributed by atoms with van der Waals surface area (Å²) in [5, 5.41) is 5.58. The van der Waals surface area contributed by atoms with E-state index < -0.39 is 11.8 Å². The second kappa shape index (κ2) is 10.2. The molecule has 0 saturated carbocycles. The van der Waals surface area contributed by atoms with Crippen molar-refractivity contribution in [3.63, 3.8) is 0 Å². The molecule has 0 spiro atoms. The van der Waals surface area contributed by atoms with Crippen molar-refractivity contribution in [2.24, 2.45) is 5.92 Å². The molecular formula is C22H27N5O2S. The van der Waals surface area contributed by atoms with Gasteiger partial charge in [0, 0.05) is 20.1 Å². The number of hydrogen-bond donors (Lipinski definition) is 2. The monoisotopic (exact) mass is 425 g/mol. The Labute approximate surface area is 180 Å². The van der Waals surface area contributed by atoms with Gasteiger partial charge in [-0.05, 0) is 49.4 Å². The van der Waals surface area contributed by atoms with E-state index in [9.17, 15) is 9.59 Å². The van der Waals surface area contributed by atoms with Gasteiger partial charge in [0.25, 0.3) is 0 Å². The summed E-state index contributed by atoms with van der Waals surface area (Å²) < 4.78 is 1.26. The lowest BCUT2D eigenvalue weighted by Gasteiger charge is -2.30. The van der Waals surface area contributed by atoms with Crippen molar-refractivity contribution in [2.45, 2.75) is 26.7 Å². The summed E-state index contributed by atoms with van der Waals surface area (Å²) in [5.41, 5.74) is 4.41. The molecule has 1 atom stereocenters. The van der Waals surface area contributed by atoms with Crippen LogP contribution in [0.5, 0.6) is 0 Å². The first kappa shape index (κ1) is 21.7. The normalized spacial score (nSPS) is 15.8. The van der Waals surface area contributed by atoms with Crippen LogP contribution in [-0.2, 0) is 9.59 Å². The highest BCUT2D eigenvalue weighted by atomic mass is 32.1. The Kier molecular flexibility index (Phi) is 7.35. The highest BCUT2D eigenvalue weighted by Gasteiger charge is 2.26. The van der Waals surface area contributed by atoms with Crippen LogP contribution in [0.3, 0.4) is 0 Å². The fourth-order valence-corrected chi connectivity index (χ4v) is 4.09. The SMILES string of the molecule is CNc1ncc(NC(=O)C(=O)N2CCCC(C)C2)cc1C.c1ccc2scnc2c1. The molecule has 3 aromatic rings. The third-order valence-corrected chi connectivity index (χ3v) is 5.76. The van der Waals surface area contributed by atoms with Gasteiger partial charge in [0.2, 0.25) is 0 Å². The van der Waals surface area contributed by atoms with Crippen molar-refractivity contribution < 1.29 is 9.59 Å². The lowest BCUT2D eigenvalue weighted by atomic mass is 10.0. The fourth-order valence-electron chi connectivity index (χ4n) is 3.41. The summed E-state index contributed by atoms with van der Waals surface area (Å²) >= 11 is 1.68. The standard InChI is InChI=1S/C15H22N4O2.C7H5NS/c1-10-5-4-6-19(9-10)15(21)14(20)18-12-7-11(2)13(16-3)17-8-12;1-2-4-7-6(3-1)8-5-9-7/h7-8,10H,4-6,9H2,1-3H3,(H,16,17)(H,18,20);1-5H. The van der Waals surface area contributed by atoms with E-state index in [1.54, 1.807) is 35.5 Å². The largest absolute Gasteiger partial charge is 0.373 e. The van der Waals surface area contributed by atoms with E-state index >= 15 is 0 Å². The Balaban J connectivity index is 0.000000234. The highest BCUT2D eigenvalue weighted by molar-refractivity contribution is 7.16. The summed E-state index contributed by atoms with van der Waals surface area (Å²) in [6.45, 7) is 5.30. The van der Waals surface area contributed by atoms with Crippen LogP contribution in [0.1, 0.15) is 25.3 Å². The van der Waals surface area contributed by atoms with E-state index in [2.05, 4.69) is 33.6 Å². The Hall–Kier alpha value is -3.00. The van der Waals surface area contributed by atoms with Crippen LogP contribution in [0.2, 0.25) is 0 Å². The zero-order valence-electron chi connectivity index (χ0n) is 17.5. The van der Waals surface area contributed by atoms with E-state index in [1.165, 1.54) is 4.70 Å². The number of hydrogen-bond acceptors (Lipinski definition) is 6. The average molecular weight is 426 g/mol. The number of nitrogens with zero attached hydrogens (tertiary/aromatic N) is 3. The molecule has 1 unspecified atom stereocenters. The number of nitrogens with one attached hydrogen (secondary N) is 2. The van der Waals surface area contributed by atoms with Crippen molar-refractivity contribution in [3.8, 4) is 0 Å². The number of fused-ring (bicyclic) bond motifs is 1. The second-order valence-electron chi connectivity index (χ2n) is 7.41. The Bertz CT molecular complexity index is 989. The minimum atomic E-state index is -0.595. The predicted molar refractivity (Wildman–Crippen MR) is 122 cm³/mol. The molecule has 1 aliphatic heterocycles. The number of carbonyl (C=O) groups is 2. The van der Waals surface area contributed by atoms with Crippen LogP contribution in [-0.4, -0.2) is 46.8 Å². The number of aryl methyl sites for hydroxylation is 1. The third kappa shape index (κ3) is 5.54. The number of rotatable bonds is 2. The summed E-state index contributed by atoms with van der Waals surface area (Å²) in [6.07, 6.45) is 3.61. The summed E-state index contributed by atoms with van der Waals surface area (Å²) in [5.74, 6) is 0.151. The molecule has 2 N–H and O–H groups in total. The molecule has 4 rings (SSSR count). The van der Waals surface area contributed by atoms with Crippen LogP contribution in [0, 0.1) is 12.8 Å². The van der Waals surface area contributed by atoms with Gasteiger partial charge in [-0.2, -0.15) is 0 Å². The van der Waals surface area contributed by atoms with E-state index in [0.29, 0.717) is 24.7 Å². The van der Waals surface area contributed by atoms with Crippen LogP contribution in [0.4, 0.5) is 11.5 Å². The molecule has 7 nitrogen and oxygen atoms in total.